The summed E-state index contributed by atoms with van der Waals surface area (Å²) in [7, 11) is 0. The standard InChI is InChI=1S/C23H24N4O3/c1-17-15-25(13-14-26(17)23(30)27-12-11-21(24-27)22(28)29)16-18-7-9-20(10-8-18)19-5-3-2-4-6-19/h2-12,17H,13-16H2,1H3,(H,28,29)/t17-/m0/s1. The van der Waals surface area contributed by atoms with Gasteiger partial charge in [0.2, 0.25) is 0 Å². The van der Waals surface area contributed by atoms with Crippen LogP contribution in [0.2, 0.25) is 0 Å². The third kappa shape index (κ3) is 4.26. The molecule has 1 aromatic heterocycles. The van der Waals surface area contributed by atoms with Crippen LogP contribution >= 0.6 is 0 Å². The van der Waals surface area contributed by atoms with Crippen LogP contribution in [0.5, 0.6) is 0 Å². The molecule has 2 heterocycles. The summed E-state index contributed by atoms with van der Waals surface area (Å²) in [5.74, 6) is -1.14. The van der Waals surface area contributed by atoms with Crippen molar-refractivity contribution in [2.24, 2.45) is 0 Å². The Morgan fingerprint density at radius 1 is 1.00 bits per heavy atom. The van der Waals surface area contributed by atoms with Crippen LogP contribution in [0.4, 0.5) is 4.79 Å². The summed E-state index contributed by atoms with van der Waals surface area (Å²) in [5, 5.41) is 12.8. The smallest absolute Gasteiger partial charge is 0.356 e. The maximum atomic E-state index is 12.7. The van der Waals surface area contributed by atoms with Gasteiger partial charge in [0.05, 0.1) is 0 Å². The van der Waals surface area contributed by atoms with E-state index in [9.17, 15) is 9.59 Å². The minimum absolute atomic E-state index is 0.00678. The molecule has 7 nitrogen and oxygen atoms in total. The maximum Gasteiger partial charge on any atom is 0.356 e. The third-order valence-electron chi connectivity index (χ3n) is 5.43. The van der Waals surface area contributed by atoms with E-state index in [4.69, 9.17) is 5.11 Å². The highest BCUT2D eigenvalue weighted by Gasteiger charge is 2.29. The lowest BCUT2D eigenvalue weighted by Gasteiger charge is -2.39. The molecule has 1 amide bonds. The highest BCUT2D eigenvalue weighted by molar-refractivity contribution is 5.86. The predicted molar refractivity (Wildman–Crippen MR) is 113 cm³/mol. The van der Waals surface area contributed by atoms with E-state index in [1.807, 2.05) is 25.1 Å². The lowest BCUT2D eigenvalue weighted by Crippen LogP contribution is -2.54. The van der Waals surface area contributed by atoms with Gasteiger partial charge in [-0.05, 0) is 29.7 Å². The van der Waals surface area contributed by atoms with Crippen molar-refractivity contribution >= 4 is 12.0 Å². The van der Waals surface area contributed by atoms with Gasteiger partial charge in [0.15, 0.2) is 5.69 Å². The molecule has 0 radical (unpaired) electrons. The summed E-state index contributed by atoms with van der Waals surface area (Å²) < 4.78 is 1.11. The second kappa shape index (κ2) is 8.51. The number of aromatic carboxylic acids is 1. The quantitative estimate of drug-likeness (QED) is 0.721. The Morgan fingerprint density at radius 2 is 1.70 bits per heavy atom. The Morgan fingerprint density at radius 3 is 2.33 bits per heavy atom. The molecule has 1 fully saturated rings. The maximum absolute atomic E-state index is 12.7. The van der Waals surface area contributed by atoms with E-state index >= 15 is 0 Å². The van der Waals surface area contributed by atoms with Crippen LogP contribution in [0.3, 0.4) is 0 Å². The minimum atomic E-state index is -1.14. The number of hydrogen-bond acceptors (Lipinski definition) is 4. The van der Waals surface area contributed by atoms with Gasteiger partial charge in [0, 0.05) is 38.4 Å². The average Bonchev–Trinajstić information content (AvgIpc) is 3.25. The van der Waals surface area contributed by atoms with Crippen LogP contribution < -0.4 is 0 Å². The molecule has 0 aliphatic carbocycles. The van der Waals surface area contributed by atoms with Gasteiger partial charge >= 0.3 is 12.0 Å². The number of piperazine rings is 1. The monoisotopic (exact) mass is 404 g/mol. The molecule has 4 rings (SSSR count). The topological polar surface area (TPSA) is 78.7 Å². The van der Waals surface area contributed by atoms with Crippen molar-refractivity contribution in [3.63, 3.8) is 0 Å². The van der Waals surface area contributed by atoms with Crippen LogP contribution in [0.15, 0.2) is 66.9 Å². The zero-order valence-corrected chi connectivity index (χ0v) is 16.8. The first-order valence-corrected chi connectivity index (χ1v) is 9.98. The fraction of sp³-hybridized carbons (Fsp3) is 0.261. The van der Waals surface area contributed by atoms with Crippen LogP contribution in [-0.4, -0.2) is 62.4 Å². The van der Waals surface area contributed by atoms with E-state index in [-0.39, 0.29) is 17.8 Å². The van der Waals surface area contributed by atoms with Gasteiger partial charge in [0.1, 0.15) is 0 Å². The van der Waals surface area contributed by atoms with Crippen molar-refractivity contribution in [2.75, 3.05) is 19.6 Å². The number of rotatable bonds is 4. The SMILES string of the molecule is C[C@H]1CN(Cc2ccc(-c3ccccc3)cc2)CCN1C(=O)n1ccc(C(=O)O)n1. The number of benzene rings is 2. The predicted octanol–water partition coefficient (Wildman–Crippen LogP) is 3.42. The van der Waals surface area contributed by atoms with E-state index in [0.29, 0.717) is 6.54 Å². The number of carboxylic acid groups (broad SMARTS) is 1. The Labute approximate surface area is 175 Å². The van der Waals surface area contributed by atoms with E-state index < -0.39 is 5.97 Å². The zero-order valence-electron chi connectivity index (χ0n) is 16.8. The molecule has 1 saturated heterocycles. The molecule has 1 aliphatic heterocycles. The zero-order chi connectivity index (χ0) is 21.1. The largest absolute Gasteiger partial charge is 0.476 e. The van der Waals surface area contributed by atoms with E-state index in [2.05, 4.69) is 46.4 Å². The number of carbonyl (C=O) groups excluding carboxylic acids is 1. The molecule has 30 heavy (non-hydrogen) atoms. The molecule has 154 valence electrons. The number of amides is 1. The van der Waals surface area contributed by atoms with E-state index in [0.717, 1.165) is 24.3 Å². The van der Waals surface area contributed by atoms with Gasteiger partial charge in [-0.15, -0.1) is 0 Å². The summed E-state index contributed by atoms with van der Waals surface area (Å²) in [6.45, 7) is 4.91. The highest BCUT2D eigenvalue weighted by atomic mass is 16.4. The normalized spacial score (nSPS) is 17.1. The lowest BCUT2D eigenvalue weighted by molar-refractivity contribution is 0.0689. The molecular weight excluding hydrogens is 380 g/mol. The molecule has 2 aromatic carbocycles. The van der Waals surface area contributed by atoms with Crippen molar-refractivity contribution in [2.45, 2.75) is 19.5 Å². The highest BCUT2D eigenvalue weighted by Crippen LogP contribution is 2.21. The molecule has 0 bridgehead atoms. The molecular formula is C23H24N4O3. The second-order valence-corrected chi connectivity index (χ2v) is 7.57. The van der Waals surface area contributed by atoms with Gasteiger partial charge in [-0.2, -0.15) is 9.78 Å². The summed E-state index contributed by atoms with van der Waals surface area (Å²) in [4.78, 5) is 27.8. The summed E-state index contributed by atoms with van der Waals surface area (Å²) >= 11 is 0. The van der Waals surface area contributed by atoms with Crippen LogP contribution in [0.1, 0.15) is 23.0 Å². The van der Waals surface area contributed by atoms with Crippen LogP contribution in [-0.2, 0) is 6.54 Å². The fourth-order valence-corrected chi connectivity index (χ4v) is 3.83. The Hall–Kier alpha value is -3.45. The molecule has 1 N–H and O–H groups in total. The summed E-state index contributed by atoms with van der Waals surface area (Å²) in [6.07, 6.45) is 1.40. The Bertz CT molecular complexity index is 1030. The van der Waals surface area contributed by atoms with Crippen molar-refractivity contribution in [1.29, 1.82) is 0 Å². The number of nitrogens with zero attached hydrogens (tertiary/aromatic N) is 4. The second-order valence-electron chi connectivity index (χ2n) is 7.57. The van der Waals surface area contributed by atoms with E-state index in [1.165, 1.54) is 29.0 Å². The van der Waals surface area contributed by atoms with Crippen LogP contribution in [0.25, 0.3) is 11.1 Å². The fourth-order valence-electron chi connectivity index (χ4n) is 3.83. The number of aromatic nitrogens is 2. The molecule has 7 heteroatoms. The van der Waals surface area contributed by atoms with Gasteiger partial charge in [0.25, 0.3) is 0 Å². The van der Waals surface area contributed by atoms with Crippen molar-refractivity contribution in [1.82, 2.24) is 19.6 Å². The molecule has 3 aromatic rings. The van der Waals surface area contributed by atoms with Crippen LogP contribution in [0, 0.1) is 0 Å². The van der Waals surface area contributed by atoms with E-state index in [1.54, 1.807) is 4.90 Å². The van der Waals surface area contributed by atoms with Gasteiger partial charge in [-0.25, -0.2) is 9.59 Å². The van der Waals surface area contributed by atoms with Crippen molar-refractivity contribution in [3.05, 3.63) is 78.1 Å². The Kier molecular flexibility index (Phi) is 5.63. The van der Waals surface area contributed by atoms with Crippen molar-refractivity contribution < 1.29 is 14.7 Å². The van der Waals surface area contributed by atoms with Gasteiger partial charge < -0.3 is 10.0 Å². The first-order valence-electron chi connectivity index (χ1n) is 9.98. The molecule has 0 spiro atoms. The minimum Gasteiger partial charge on any atom is -0.476 e. The summed E-state index contributed by atoms with van der Waals surface area (Å²) in [5.41, 5.74) is 3.51. The number of carbonyl (C=O) groups is 2. The van der Waals surface area contributed by atoms with Gasteiger partial charge in [-0.3, -0.25) is 4.90 Å². The number of hydrogen-bond donors (Lipinski definition) is 1. The first-order chi connectivity index (χ1) is 14.5. The molecule has 0 unspecified atom stereocenters. The third-order valence-corrected chi connectivity index (χ3v) is 5.43. The summed E-state index contributed by atoms with van der Waals surface area (Å²) in [6, 6.07) is 19.9. The Balaban J connectivity index is 1.36. The lowest BCUT2D eigenvalue weighted by atomic mass is 10.0. The average molecular weight is 404 g/mol. The van der Waals surface area contributed by atoms with Gasteiger partial charge in [-0.1, -0.05) is 54.6 Å². The molecule has 0 saturated carbocycles. The number of carboxylic acids is 1. The first kappa shape index (κ1) is 19.8. The van der Waals surface area contributed by atoms with Crippen molar-refractivity contribution in [3.8, 4) is 11.1 Å². The molecule has 1 aliphatic rings. The molecule has 1 atom stereocenters.